The van der Waals surface area contributed by atoms with Gasteiger partial charge < -0.3 is 10.1 Å². The molecule has 5 aromatic rings. The molecule has 0 bridgehead atoms. The van der Waals surface area contributed by atoms with E-state index in [1.807, 2.05) is 80.6 Å². The van der Waals surface area contributed by atoms with E-state index in [-0.39, 0.29) is 30.1 Å². The van der Waals surface area contributed by atoms with Crippen LogP contribution in [0.2, 0.25) is 5.02 Å². The summed E-state index contributed by atoms with van der Waals surface area (Å²) >= 11 is 6.90. The van der Waals surface area contributed by atoms with Crippen molar-refractivity contribution in [1.82, 2.24) is 5.32 Å². The number of nitrogens with one attached hydrogen (secondary N) is 1. The van der Waals surface area contributed by atoms with Gasteiger partial charge in [0.1, 0.15) is 6.61 Å². The fraction of sp³-hybridized carbons (Fsp3) is 0.179. The minimum Gasteiger partial charge on any atom is -0.449 e. The van der Waals surface area contributed by atoms with E-state index in [2.05, 4.69) is 53.8 Å². The second kappa shape index (κ2) is 12.9. The van der Waals surface area contributed by atoms with Gasteiger partial charge in [-0.1, -0.05) is 147 Å². The molecule has 4 nitrogen and oxygen atoms in total. The van der Waals surface area contributed by atoms with E-state index in [9.17, 15) is 9.59 Å². The van der Waals surface area contributed by atoms with Gasteiger partial charge in [0.15, 0.2) is 5.78 Å². The number of carbonyl (C=O) groups excluding carboxylic acids is 2. The largest absolute Gasteiger partial charge is 0.449 e. The Morgan fingerprint density at radius 2 is 1.25 bits per heavy atom. The van der Waals surface area contributed by atoms with Gasteiger partial charge in [0.2, 0.25) is 0 Å². The SMILES string of the molecule is CC(C)[C@H](NC(=O)OCC1c2ccccc2-c2ccccc21)C(=O)c1ccc(C(c2ccccc2)c2ccccc2)c(Cl)c1. The molecule has 0 radical (unpaired) electrons. The summed E-state index contributed by atoms with van der Waals surface area (Å²) in [6.45, 7) is 3.99. The average molecular weight is 600 g/mol. The number of hydrogen-bond donors (Lipinski definition) is 1. The quantitative estimate of drug-likeness (QED) is 0.136. The Bertz CT molecular complexity index is 1700. The normalized spacial score (nSPS) is 12.9. The first-order chi connectivity index (χ1) is 21.4. The van der Waals surface area contributed by atoms with Gasteiger partial charge >= 0.3 is 6.09 Å². The Hall–Kier alpha value is -4.67. The van der Waals surface area contributed by atoms with Crippen molar-refractivity contribution in [3.63, 3.8) is 0 Å². The highest BCUT2D eigenvalue weighted by Gasteiger charge is 2.31. The van der Waals surface area contributed by atoms with E-state index in [1.54, 1.807) is 12.1 Å². The summed E-state index contributed by atoms with van der Waals surface area (Å²) in [5, 5.41) is 3.34. The Balaban J connectivity index is 1.19. The van der Waals surface area contributed by atoms with Crippen LogP contribution in [0.15, 0.2) is 127 Å². The first-order valence-corrected chi connectivity index (χ1v) is 15.3. The summed E-state index contributed by atoms with van der Waals surface area (Å²) in [7, 11) is 0. The predicted octanol–water partition coefficient (Wildman–Crippen LogP) is 9.27. The molecule has 5 aromatic carbocycles. The molecule has 0 heterocycles. The van der Waals surface area contributed by atoms with E-state index >= 15 is 0 Å². The van der Waals surface area contributed by atoms with Crippen LogP contribution < -0.4 is 5.32 Å². The number of ketones is 1. The highest BCUT2D eigenvalue weighted by atomic mass is 35.5. The minimum atomic E-state index is -0.772. The van der Waals surface area contributed by atoms with E-state index in [4.69, 9.17) is 16.3 Å². The number of benzene rings is 5. The molecule has 0 saturated carbocycles. The molecule has 0 spiro atoms. The molecule has 1 N–H and O–H groups in total. The Morgan fingerprint density at radius 3 is 1.77 bits per heavy atom. The predicted molar refractivity (Wildman–Crippen MR) is 176 cm³/mol. The van der Waals surface area contributed by atoms with E-state index in [1.165, 1.54) is 0 Å². The number of fused-ring (bicyclic) bond motifs is 3. The lowest BCUT2D eigenvalue weighted by atomic mass is 9.84. The molecule has 220 valence electrons. The number of amides is 1. The van der Waals surface area contributed by atoms with Crippen molar-refractivity contribution < 1.29 is 14.3 Å². The second-order valence-corrected chi connectivity index (χ2v) is 12.0. The molecule has 0 aliphatic heterocycles. The van der Waals surface area contributed by atoms with Crippen LogP contribution in [0.3, 0.4) is 0 Å². The number of rotatable bonds is 9. The molecule has 0 saturated heterocycles. The van der Waals surface area contributed by atoms with Gasteiger partial charge in [0, 0.05) is 22.4 Å². The van der Waals surface area contributed by atoms with Crippen molar-refractivity contribution in [2.75, 3.05) is 6.61 Å². The van der Waals surface area contributed by atoms with Gasteiger partial charge in [0.25, 0.3) is 0 Å². The van der Waals surface area contributed by atoms with Crippen LogP contribution in [0.1, 0.15) is 63.9 Å². The van der Waals surface area contributed by atoms with Gasteiger partial charge in [-0.3, -0.25) is 4.79 Å². The Morgan fingerprint density at radius 1 is 0.727 bits per heavy atom. The summed E-state index contributed by atoms with van der Waals surface area (Å²) in [4.78, 5) is 26.8. The van der Waals surface area contributed by atoms with E-state index < -0.39 is 12.1 Å². The van der Waals surface area contributed by atoms with Crippen molar-refractivity contribution in [2.24, 2.45) is 5.92 Å². The fourth-order valence-electron chi connectivity index (χ4n) is 6.24. The van der Waals surface area contributed by atoms with Crippen LogP contribution in [0, 0.1) is 5.92 Å². The molecule has 6 rings (SSSR count). The molecule has 0 fully saturated rings. The molecule has 1 amide bonds. The highest BCUT2D eigenvalue weighted by Crippen LogP contribution is 2.44. The third-order valence-electron chi connectivity index (χ3n) is 8.43. The van der Waals surface area contributed by atoms with Crippen molar-refractivity contribution in [1.29, 1.82) is 0 Å². The van der Waals surface area contributed by atoms with Gasteiger partial charge in [-0.05, 0) is 50.9 Å². The third-order valence-corrected chi connectivity index (χ3v) is 8.76. The zero-order chi connectivity index (χ0) is 30.6. The number of Topliss-reactive ketones (excluding diaryl/α,β-unsaturated/α-hetero) is 1. The van der Waals surface area contributed by atoms with Crippen LogP contribution in [0.4, 0.5) is 4.79 Å². The summed E-state index contributed by atoms with van der Waals surface area (Å²) in [5.41, 5.74) is 8.16. The van der Waals surface area contributed by atoms with Crippen molar-refractivity contribution in [2.45, 2.75) is 31.7 Å². The van der Waals surface area contributed by atoms with Crippen molar-refractivity contribution >= 4 is 23.5 Å². The summed E-state index contributed by atoms with van der Waals surface area (Å²) in [6, 6.07) is 41.4. The summed E-state index contributed by atoms with van der Waals surface area (Å²) in [6.07, 6.45) is -0.616. The minimum absolute atomic E-state index is 0.0603. The summed E-state index contributed by atoms with van der Waals surface area (Å²) in [5.74, 6) is -0.524. The lowest BCUT2D eigenvalue weighted by Crippen LogP contribution is -2.45. The van der Waals surface area contributed by atoms with Crippen LogP contribution in [-0.4, -0.2) is 24.5 Å². The maximum atomic E-state index is 13.8. The molecule has 1 atom stereocenters. The standard InChI is InChI=1S/C39H34ClNO3/c1-25(2)37(41-39(43)44-24-34-31-19-11-9-17-29(31)30-18-10-12-20-32(30)34)38(42)28-21-22-33(35(40)23-28)36(26-13-5-3-6-14-26)27-15-7-4-8-16-27/h3-23,25,34,36-37H,24H2,1-2H3,(H,41,43)/t37-/m0/s1. The number of ether oxygens (including phenoxy) is 1. The van der Waals surface area contributed by atoms with E-state index in [0.29, 0.717) is 10.6 Å². The molecular weight excluding hydrogens is 566 g/mol. The van der Waals surface area contributed by atoms with Gasteiger partial charge in [-0.25, -0.2) is 4.79 Å². The lowest BCUT2D eigenvalue weighted by molar-refractivity contribution is 0.0889. The van der Waals surface area contributed by atoms with Crippen molar-refractivity contribution in [3.8, 4) is 11.1 Å². The van der Waals surface area contributed by atoms with Crippen LogP contribution >= 0.6 is 11.6 Å². The number of halogens is 1. The first-order valence-electron chi connectivity index (χ1n) is 15.0. The smallest absolute Gasteiger partial charge is 0.407 e. The first kappa shape index (κ1) is 29.4. The fourth-order valence-corrected chi connectivity index (χ4v) is 6.53. The molecule has 1 aliphatic rings. The maximum Gasteiger partial charge on any atom is 0.407 e. The molecule has 0 unspecified atom stereocenters. The average Bonchev–Trinajstić information content (AvgIpc) is 3.37. The number of carbonyl (C=O) groups is 2. The molecular formula is C39H34ClNO3. The van der Waals surface area contributed by atoms with Crippen LogP contribution in [0.5, 0.6) is 0 Å². The van der Waals surface area contributed by atoms with E-state index in [0.717, 1.165) is 38.9 Å². The Labute approximate surface area is 263 Å². The third kappa shape index (κ3) is 5.91. The van der Waals surface area contributed by atoms with Crippen LogP contribution in [-0.2, 0) is 4.74 Å². The zero-order valence-corrected chi connectivity index (χ0v) is 25.5. The molecule has 44 heavy (non-hydrogen) atoms. The topological polar surface area (TPSA) is 55.4 Å². The number of hydrogen-bond acceptors (Lipinski definition) is 3. The lowest BCUT2D eigenvalue weighted by Gasteiger charge is -2.23. The van der Waals surface area contributed by atoms with Crippen LogP contribution in [0.25, 0.3) is 11.1 Å². The van der Waals surface area contributed by atoms with Gasteiger partial charge in [-0.2, -0.15) is 0 Å². The van der Waals surface area contributed by atoms with Crippen molar-refractivity contribution in [3.05, 3.63) is 166 Å². The monoisotopic (exact) mass is 599 g/mol. The van der Waals surface area contributed by atoms with Gasteiger partial charge in [0.05, 0.1) is 6.04 Å². The molecule has 5 heteroatoms. The highest BCUT2D eigenvalue weighted by molar-refractivity contribution is 6.32. The summed E-state index contributed by atoms with van der Waals surface area (Å²) < 4.78 is 5.75. The van der Waals surface area contributed by atoms with Gasteiger partial charge in [-0.15, -0.1) is 0 Å². The molecule has 0 aromatic heterocycles. The zero-order valence-electron chi connectivity index (χ0n) is 24.7. The second-order valence-electron chi connectivity index (χ2n) is 11.5. The number of alkyl carbamates (subject to hydrolysis) is 1. The Kier molecular flexibility index (Phi) is 8.63. The maximum absolute atomic E-state index is 13.8. The molecule has 1 aliphatic carbocycles.